The normalized spacial score (nSPS) is 12.6. The average molecular weight is 716 g/mol. The zero-order valence-corrected chi connectivity index (χ0v) is 29.9. The second-order valence-electron chi connectivity index (χ2n) is 14.6. The van der Waals surface area contributed by atoms with E-state index in [9.17, 15) is 0 Å². The van der Waals surface area contributed by atoms with Gasteiger partial charge in [-0.05, 0) is 66.7 Å². The lowest BCUT2D eigenvalue weighted by Crippen LogP contribution is -2.16. The molecule has 56 heavy (non-hydrogen) atoms. The van der Waals surface area contributed by atoms with Crippen LogP contribution in [0, 0.1) is 0 Å². The minimum absolute atomic E-state index is 0.639. The lowest BCUT2D eigenvalue weighted by molar-refractivity contribution is 0.666. The first kappa shape index (κ1) is 29.7. The fourth-order valence-corrected chi connectivity index (χ4v) is 9.30. The van der Waals surface area contributed by atoms with Gasteiger partial charge in [0.25, 0.3) is 0 Å². The maximum Gasteiger partial charge on any atom is 0.235 e. The van der Waals surface area contributed by atoms with Crippen LogP contribution < -0.4 is 4.90 Å². The summed E-state index contributed by atoms with van der Waals surface area (Å²) in [5.41, 5.74) is 13.2. The van der Waals surface area contributed by atoms with Gasteiger partial charge < -0.3 is 13.9 Å². The number of para-hydroxylation sites is 6. The van der Waals surface area contributed by atoms with Crippen molar-refractivity contribution in [2.24, 2.45) is 0 Å². The van der Waals surface area contributed by atoms with Crippen molar-refractivity contribution in [3.8, 4) is 22.9 Å². The van der Waals surface area contributed by atoms with Crippen LogP contribution in [0.25, 0.3) is 99.3 Å². The molecule has 1 aliphatic rings. The van der Waals surface area contributed by atoms with Crippen molar-refractivity contribution in [1.82, 2.24) is 19.1 Å². The fraction of sp³-hybridized carbons (Fsp3) is 0. The van der Waals surface area contributed by atoms with E-state index in [1.165, 1.54) is 10.8 Å². The van der Waals surface area contributed by atoms with Crippen LogP contribution in [0.5, 0.6) is 0 Å². The molecule has 6 heteroatoms. The number of fused-ring (bicyclic) bond motifs is 11. The summed E-state index contributed by atoms with van der Waals surface area (Å²) in [6.45, 7) is 0. The molecular weight excluding hydrogens is 687 g/mol. The van der Waals surface area contributed by atoms with Gasteiger partial charge in [0, 0.05) is 43.6 Å². The Kier molecular flexibility index (Phi) is 5.80. The minimum Gasteiger partial charge on any atom is -0.454 e. The molecule has 6 nitrogen and oxygen atoms in total. The average Bonchev–Trinajstić information content (AvgIpc) is 3.91. The van der Waals surface area contributed by atoms with E-state index in [1.54, 1.807) is 0 Å². The van der Waals surface area contributed by atoms with E-state index in [0.29, 0.717) is 5.95 Å². The van der Waals surface area contributed by atoms with E-state index in [-0.39, 0.29) is 0 Å². The Morgan fingerprint density at radius 2 is 1.04 bits per heavy atom. The topological polar surface area (TPSA) is 52.0 Å². The Bertz CT molecular complexity index is 3610. The molecule has 0 amide bonds. The first-order chi connectivity index (χ1) is 27.8. The van der Waals surface area contributed by atoms with Crippen molar-refractivity contribution in [3.63, 3.8) is 0 Å². The number of hydrogen-bond acceptors (Lipinski definition) is 4. The van der Waals surface area contributed by atoms with E-state index >= 15 is 0 Å². The Hall–Kier alpha value is -7.70. The van der Waals surface area contributed by atoms with Crippen LogP contribution in [0.15, 0.2) is 180 Å². The van der Waals surface area contributed by atoms with E-state index < -0.39 is 0 Å². The van der Waals surface area contributed by atoms with Gasteiger partial charge >= 0.3 is 0 Å². The van der Waals surface area contributed by atoms with E-state index in [0.717, 1.165) is 99.7 Å². The molecule has 5 heterocycles. The van der Waals surface area contributed by atoms with Crippen LogP contribution >= 0.6 is 0 Å². The zero-order chi connectivity index (χ0) is 36.5. The number of aromatic nitrogens is 4. The van der Waals surface area contributed by atoms with Crippen molar-refractivity contribution in [2.45, 2.75) is 0 Å². The lowest BCUT2D eigenvalue weighted by Gasteiger charge is -2.32. The molecule has 0 fully saturated rings. The third-order valence-electron chi connectivity index (χ3n) is 11.6. The second-order valence-corrected chi connectivity index (χ2v) is 14.6. The lowest BCUT2D eigenvalue weighted by atomic mass is 9.96. The molecule has 0 atom stereocenters. The van der Waals surface area contributed by atoms with Crippen molar-refractivity contribution in [1.29, 1.82) is 0 Å². The van der Waals surface area contributed by atoms with Gasteiger partial charge in [-0.25, -0.2) is 9.97 Å². The number of furan rings is 1. The zero-order valence-electron chi connectivity index (χ0n) is 29.9. The molecule has 12 aromatic rings. The molecule has 8 aromatic carbocycles. The molecule has 0 spiro atoms. The van der Waals surface area contributed by atoms with Gasteiger partial charge in [-0.2, -0.15) is 0 Å². The predicted octanol–water partition coefficient (Wildman–Crippen LogP) is 13.2. The monoisotopic (exact) mass is 715 g/mol. The van der Waals surface area contributed by atoms with Crippen LogP contribution in [-0.2, 0) is 0 Å². The number of rotatable bonds is 3. The molecule has 0 aliphatic carbocycles. The summed E-state index contributed by atoms with van der Waals surface area (Å²) in [6.07, 6.45) is 0. The third-order valence-corrected chi connectivity index (χ3v) is 11.6. The highest BCUT2D eigenvalue weighted by Gasteiger charge is 2.29. The molecular formula is C50H29N5O. The first-order valence-corrected chi connectivity index (χ1v) is 18.9. The van der Waals surface area contributed by atoms with Crippen molar-refractivity contribution in [3.05, 3.63) is 176 Å². The summed E-state index contributed by atoms with van der Waals surface area (Å²) in [4.78, 5) is 13.2. The van der Waals surface area contributed by atoms with Crippen molar-refractivity contribution < 1.29 is 4.42 Å². The maximum atomic E-state index is 6.63. The molecule has 0 saturated heterocycles. The van der Waals surface area contributed by atoms with Gasteiger partial charge in [0.15, 0.2) is 5.58 Å². The maximum absolute atomic E-state index is 6.63. The molecule has 0 N–H and O–H groups in total. The fourth-order valence-electron chi connectivity index (χ4n) is 9.30. The SMILES string of the molecule is c1ccc(N2c3ccccc3-c3nc(-n4c5ccccc5c5cc6c7ccccc7n(-c7cccc8c7oc7ccccc78)c6cc54)nc4cccc2c34)cc1. The summed E-state index contributed by atoms with van der Waals surface area (Å²) in [5.74, 6) is 0.639. The summed E-state index contributed by atoms with van der Waals surface area (Å²) in [7, 11) is 0. The van der Waals surface area contributed by atoms with Crippen molar-refractivity contribution >= 4 is 93.5 Å². The van der Waals surface area contributed by atoms with E-state index in [1.807, 2.05) is 12.1 Å². The number of nitrogens with zero attached hydrogens (tertiary/aromatic N) is 5. The van der Waals surface area contributed by atoms with Crippen LogP contribution in [0.1, 0.15) is 0 Å². The number of benzene rings is 8. The molecule has 0 unspecified atom stereocenters. The summed E-state index contributed by atoms with van der Waals surface area (Å²) in [6, 6.07) is 62.2. The standard InChI is InChI=1S/C50H29N5O/c1-2-14-30(15-3-1)53-41-24-10-6-19-35(41)48-47-38(21-13-25-42(47)53)51-50(52-48)55-40-23-9-5-17-32(40)37-28-36-31-16-4-8-22-39(31)54(44(36)29-45(37)55)43-26-12-20-34-33-18-7-11-27-46(33)56-49(34)43/h1-29H. The molecule has 1 aliphatic heterocycles. The summed E-state index contributed by atoms with van der Waals surface area (Å²) < 4.78 is 11.2. The van der Waals surface area contributed by atoms with Crippen LogP contribution in [-0.4, -0.2) is 19.1 Å². The second kappa shape index (κ2) is 10.9. The van der Waals surface area contributed by atoms with E-state index in [4.69, 9.17) is 14.4 Å². The van der Waals surface area contributed by atoms with Gasteiger partial charge in [-0.1, -0.05) is 109 Å². The van der Waals surface area contributed by atoms with Crippen LogP contribution in [0.4, 0.5) is 17.1 Å². The Balaban J connectivity index is 1.13. The molecule has 0 saturated carbocycles. The first-order valence-electron chi connectivity index (χ1n) is 18.9. The smallest absolute Gasteiger partial charge is 0.235 e. The molecule has 13 rings (SSSR count). The Morgan fingerprint density at radius 3 is 1.88 bits per heavy atom. The quantitative estimate of drug-likeness (QED) is 0.183. The largest absolute Gasteiger partial charge is 0.454 e. The number of hydrogen-bond donors (Lipinski definition) is 0. The highest BCUT2D eigenvalue weighted by Crippen LogP contribution is 2.50. The highest BCUT2D eigenvalue weighted by atomic mass is 16.3. The summed E-state index contributed by atoms with van der Waals surface area (Å²) in [5, 5.41) is 7.93. The van der Waals surface area contributed by atoms with Crippen LogP contribution in [0.2, 0.25) is 0 Å². The molecule has 0 bridgehead atoms. The number of anilines is 3. The highest BCUT2D eigenvalue weighted by molar-refractivity contribution is 6.20. The Morgan fingerprint density at radius 1 is 0.411 bits per heavy atom. The minimum atomic E-state index is 0.639. The van der Waals surface area contributed by atoms with Gasteiger partial charge in [-0.3, -0.25) is 4.57 Å². The van der Waals surface area contributed by atoms with E-state index in [2.05, 4.69) is 178 Å². The summed E-state index contributed by atoms with van der Waals surface area (Å²) >= 11 is 0. The molecule has 4 aromatic heterocycles. The van der Waals surface area contributed by atoms with Gasteiger partial charge in [0.2, 0.25) is 5.95 Å². The van der Waals surface area contributed by atoms with Gasteiger partial charge in [0.1, 0.15) is 5.58 Å². The van der Waals surface area contributed by atoms with Crippen molar-refractivity contribution in [2.75, 3.05) is 4.90 Å². The molecule has 0 radical (unpaired) electrons. The van der Waals surface area contributed by atoms with Crippen LogP contribution in [0.3, 0.4) is 0 Å². The van der Waals surface area contributed by atoms with Gasteiger partial charge in [-0.15, -0.1) is 0 Å². The third kappa shape index (κ3) is 3.89. The van der Waals surface area contributed by atoms with Gasteiger partial charge in [0.05, 0.1) is 55.7 Å². The predicted molar refractivity (Wildman–Crippen MR) is 229 cm³/mol. The molecule has 260 valence electrons. The Labute approximate surface area is 319 Å².